The molecular formula is C13H22O. The molecule has 1 nitrogen and oxygen atoms in total. The highest BCUT2D eigenvalue weighted by atomic mass is 16.3. The molecule has 0 aliphatic heterocycles. The normalized spacial score (nSPS) is 43.9. The SMILES string of the molecule is OCC1(CC2CC3CCC2C3)CCC1. The molecule has 3 atom stereocenters. The van der Waals surface area contributed by atoms with E-state index in [0.29, 0.717) is 12.0 Å². The predicted octanol–water partition coefficient (Wildman–Crippen LogP) is 2.98. The third kappa shape index (κ3) is 1.32. The van der Waals surface area contributed by atoms with Crippen LogP contribution in [0.3, 0.4) is 0 Å². The summed E-state index contributed by atoms with van der Waals surface area (Å²) in [5.41, 5.74) is 0.384. The first kappa shape index (κ1) is 9.21. The zero-order valence-corrected chi connectivity index (χ0v) is 9.04. The second-order valence-corrected chi connectivity index (χ2v) is 6.15. The third-order valence-electron chi connectivity index (χ3n) is 5.33. The molecule has 0 radical (unpaired) electrons. The highest BCUT2D eigenvalue weighted by Gasteiger charge is 2.45. The first-order valence-corrected chi connectivity index (χ1v) is 6.42. The van der Waals surface area contributed by atoms with Gasteiger partial charge in [0.05, 0.1) is 0 Å². The monoisotopic (exact) mass is 194 g/mol. The zero-order chi connectivity index (χ0) is 9.60. The van der Waals surface area contributed by atoms with Gasteiger partial charge < -0.3 is 5.11 Å². The van der Waals surface area contributed by atoms with Gasteiger partial charge in [-0.05, 0) is 61.7 Å². The summed E-state index contributed by atoms with van der Waals surface area (Å²) in [5, 5.41) is 9.47. The molecule has 80 valence electrons. The summed E-state index contributed by atoms with van der Waals surface area (Å²) in [6.07, 6.45) is 11.3. The van der Waals surface area contributed by atoms with Crippen molar-refractivity contribution in [1.29, 1.82) is 0 Å². The molecule has 1 N–H and O–H groups in total. The number of aliphatic hydroxyl groups is 1. The Balaban J connectivity index is 1.62. The van der Waals surface area contributed by atoms with Crippen LogP contribution in [0, 0.1) is 23.2 Å². The number of rotatable bonds is 3. The van der Waals surface area contributed by atoms with E-state index in [0.717, 1.165) is 17.8 Å². The number of fused-ring (bicyclic) bond motifs is 2. The summed E-state index contributed by atoms with van der Waals surface area (Å²) in [4.78, 5) is 0. The minimum absolute atomic E-state index is 0.384. The Hall–Kier alpha value is -0.0400. The Morgan fingerprint density at radius 3 is 2.43 bits per heavy atom. The van der Waals surface area contributed by atoms with Gasteiger partial charge in [0.15, 0.2) is 0 Å². The van der Waals surface area contributed by atoms with E-state index in [2.05, 4.69) is 0 Å². The van der Waals surface area contributed by atoms with Crippen LogP contribution in [-0.4, -0.2) is 11.7 Å². The highest BCUT2D eigenvalue weighted by molar-refractivity contribution is 4.96. The van der Waals surface area contributed by atoms with Crippen molar-refractivity contribution >= 4 is 0 Å². The molecule has 3 unspecified atom stereocenters. The summed E-state index contributed by atoms with van der Waals surface area (Å²) in [6.45, 7) is 0.459. The Bertz CT molecular complexity index is 214. The van der Waals surface area contributed by atoms with Crippen molar-refractivity contribution < 1.29 is 5.11 Å². The predicted molar refractivity (Wildman–Crippen MR) is 56.9 cm³/mol. The summed E-state index contributed by atoms with van der Waals surface area (Å²) >= 11 is 0. The number of aliphatic hydroxyl groups excluding tert-OH is 1. The molecule has 2 bridgehead atoms. The van der Waals surface area contributed by atoms with Crippen molar-refractivity contribution in [3.63, 3.8) is 0 Å². The molecule has 3 fully saturated rings. The van der Waals surface area contributed by atoms with Crippen LogP contribution in [0.15, 0.2) is 0 Å². The van der Waals surface area contributed by atoms with Gasteiger partial charge in [0, 0.05) is 6.61 Å². The maximum Gasteiger partial charge on any atom is 0.0487 e. The average Bonchev–Trinajstić information content (AvgIpc) is 2.72. The van der Waals surface area contributed by atoms with E-state index in [9.17, 15) is 5.11 Å². The lowest BCUT2D eigenvalue weighted by Gasteiger charge is -2.43. The van der Waals surface area contributed by atoms with Crippen molar-refractivity contribution in [3.8, 4) is 0 Å². The molecular weight excluding hydrogens is 172 g/mol. The Morgan fingerprint density at radius 1 is 1.14 bits per heavy atom. The van der Waals surface area contributed by atoms with Crippen molar-refractivity contribution in [2.24, 2.45) is 23.2 Å². The van der Waals surface area contributed by atoms with Gasteiger partial charge in [-0.1, -0.05) is 12.8 Å². The molecule has 3 rings (SSSR count). The van der Waals surface area contributed by atoms with Gasteiger partial charge >= 0.3 is 0 Å². The molecule has 3 aliphatic carbocycles. The van der Waals surface area contributed by atoms with Crippen LogP contribution >= 0.6 is 0 Å². The van der Waals surface area contributed by atoms with E-state index < -0.39 is 0 Å². The van der Waals surface area contributed by atoms with Gasteiger partial charge in [-0.15, -0.1) is 0 Å². The zero-order valence-electron chi connectivity index (χ0n) is 9.04. The van der Waals surface area contributed by atoms with Gasteiger partial charge in [0.2, 0.25) is 0 Å². The largest absolute Gasteiger partial charge is 0.396 e. The van der Waals surface area contributed by atoms with Crippen LogP contribution in [-0.2, 0) is 0 Å². The smallest absolute Gasteiger partial charge is 0.0487 e. The van der Waals surface area contributed by atoms with Crippen molar-refractivity contribution in [3.05, 3.63) is 0 Å². The Kier molecular flexibility index (Phi) is 2.12. The lowest BCUT2D eigenvalue weighted by molar-refractivity contribution is 0.0117. The van der Waals surface area contributed by atoms with E-state index in [1.165, 1.54) is 51.4 Å². The van der Waals surface area contributed by atoms with E-state index in [1.807, 2.05) is 0 Å². The quantitative estimate of drug-likeness (QED) is 0.732. The molecule has 0 aromatic rings. The van der Waals surface area contributed by atoms with Crippen LogP contribution in [0.2, 0.25) is 0 Å². The first-order chi connectivity index (χ1) is 6.81. The van der Waals surface area contributed by atoms with E-state index in [4.69, 9.17) is 0 Å². The van der Waals surface area contributed by atoms with Crippen LogP contribution in [0.5, 0.6) is 0 Å². The lowest BCUT2D eigenvalue weighted by atomic mass is 9.63. The fraction of sp³-hybridized carbons (Fsp3) is 1.00. The molecule has 0 amide bonds. The first-order valence-electron chi connectivity index (χ1n) is 6.42. The summed E-state index contributed by atoms with van der Waals surface area (Å²) < 4.78 is 0. The third-order valence-corrected chi connectivity index (χ3v) is 5.33. The fourth-order valence-corrected chi connectivity index (χ4v) is 4.29. The van der Waals surface area contributed by atoms with Crippen LogP contribution < -0.4 is 0 Å². The standard InChI is InChI=1S/C13H22O/c14-9-13(4-1-5-13)8-12-7-10-2-3-11(12)6-10/h10-12,14H,1-9H2. The van der Waals surface area contributed by atoms with Crippen LogP contribution in [0.4, 0.5) is 0 Å². The van der Waals surface area contributed by atoms with Gasteiger partial charge in [-0.3, -0.25) is 0 Å². The van der Waals surface area contributed by atoms with Gasteiger partial charge in [0.25, 0.3) is 0 Å². The van der Waals surface area contributed by atoms with Gasteiger partial charge in [-0.25, -0.2) is 0 Å². The van der Waals surface area contributed by atoms with E-state index >= 15 is 0 Å². The molecule has 1 heteroatoms. The minimum Gasteiger partial charge on any atom is -0.396 e. The molecule has 0 aromatic carbocycles. The highest BCUT2D eigenvalue weighted by Crippen LogP contribution is 2.55. The van der Waals surface area contributed by atoms with Gasteiger partial charge in [-0.2, -0.15) is 0 Å². The number of hydrogen-bond donors (Lipinski definition) is 1. The molecule has 14 heavy (non-hydrogen) atoms. The van der Waals surface area contributed by atoms with E-state index in [-0.39, 0.29) is 0 Å². The molecule has 0 heterocycles. The van der Waals surface area contributed by atoms with Crippen LogP contribution in [0.1, 0.15) is 51.4 Å². The Morgan fingerprint density at radius 2 is 2.00 bits per heavy atom. The molecule has 0 saturated heterocycles. The summed E-state index contributed by atoms with van der Waals surface area (Å²) in [5.74, 6) is 3.10. The molecule has 3 saturated carbocycles. The summed E-state index contributed by atoms with van der Waals surface area (Å²) in [6, 6.07) is 0. The topological polar surface area (TPSA) is 20.2 Å². The Labute approximate surface area is 86.9 Å². The van der Waals surface area contributed by atoms with Crippen molar-refractivity contribution in [2.75, 3.05) is 6.61 Å². The van der Waals surface area contributed by atoms with Crippen LogP contribution in [0.25, 0.3) is 0 Å². The maximum absolute atomic E-state index is 9.47. The molecule has 0 aromatic heterocycles. The summed E-state index contributed by atoms with van der Waals surface area (Å²) in [7, 11) is 0. The van der Waals surface area contributed by atoms with E-state index in [1.54, 1.807) is 0 Å². The molecule has 3 aliphatic rings. The fourth-order valence-electron chi connectivity index (χ4n) is 4.29. The maximum atomic E-state index is 9.47. The average molecular weight is 194 g/mol. The molecule has 0 spiro atoms. The van der Waals surface area contributed by atoms with Gasteiger partial charge in [0.1, 0.15) is 0 Å². The second-order valence-electron chi connectivity index (χ2n) is 6.15. The van der Waals surface area contributed by atoms with Crippen molar-refractivity contribution in [1.82, 2.24) is 0 Å². The second kappa shape index (κ2) is 3.23. The van der Waals surface area contributed by atoms with Crippen molar-refractivity contribution in [2.45, 2.75) is 51.4 Å². The minimum atomic E-state index is 0.384. The lowest BCUT2D eigenvalue weighted by Crippen LogP contribution is -2.36. The number of hydrogen-bond acceptors (Lipinski definition) is 1.